The highest BCUT2D eigenvalue weighted by atomic mass is 79.9. The fourth-order valence-electron chi connectivity index (χ4n) is 1.85. The summed E-state index contributed by atoms with van der Waals surface area (Å²) < 4.78 is 14.8. The summed E-state index contributed by atoms with van der Waals surface area (Å²) in [4.78, 5) is 0. The molecular formula is C14H12BrClFN. The Morgan fingerprint density at radius 2 is 1.94 bits per heavy atom. The molecule has 0 aliphatic carbocycles. The molecule has 0 bridgehead atoms. The Morgan fingerprint density at radius 1 is 1.17 bits per heavy atom. The van der Waals surface area contributed by atoms with Crippen molar-refractivity contribution >= 4 is 27.5 Å². The quantitative estimate of drug-likeness (QED) is 0.866. The van der Waals surface area contributed by atoms with Crippen molar-refractivity contribution in [1.29, 1.82) is 0 Å². The lowest BCUT2D eigenvalue weighted by molar-refractivity contribution is 0.630. The Labute approximate surface area is 119 Å². The van der Waals surface area contributed by atoms with Gasteiger partial charge in [0, 0.05) is 21.6 Å². The van der Waals surface area contributed by atoms with Gasteiger partial charge in [-0.3, -0.25) is 0 Å². The molecule has 0 amide bonds. The zero-order chi connectivity index (χ0) is 13.1. The highest BCUT2D eigenvalue weighted by Crippen LogP contribution is 2.31. The van der Waals surface area contributed by atoms with Gasteiger partial charge in [-0.15, -0.1) is 0 Å². The maximum absolute atomic E-state index is 13.9. The van der Waals surface area contributed by atoms with Crippen LogP contribution in [0.15, 0.2) is 40.9 Å². The van der Waals surface area contributed by atoms with E-state index in [-0.39, 0.29) is 5.82 Å². The van der Waals surface area contributed by atoms with E-state index in [1.165, 1.54) is 6.07 Å². The molecule has 2 aromatic rings. The van der Waals surface area contributed by atoms with Gasteiger partial charge >= 0.3 is 0 Å². The van der Waals surface area contributed by atoms with Crippen LogP contribution in [0.1, 0.15) is 5.56 Å². The summed E-state index contributed by atoms with van der Waals surface area (Å²) in [7, 11) is 1.86. The number of rotatable bonds is 3. The third kappa shape index (κ3) is 2.91. The molecule has 0 aromatic heterocycles. The Bertz CT molecular complexity index is 572. The lowest BCUT2D eigenvalue weighted by Gasteiger charge is -2.11. The van der Waals surface area contributed by atoms with Crippen LogP contribution in [0.4, 0.5) is 4.39 Å². The van der Waals surface area contributed by atoms with E-state index in [1.54, 1.807) is 18.2 Å². The number of hydrogen-bond donors (Lipinski definition) is 1. The molecule has 0 aliphatic rings. The van der Waals surface area contributed by atoms with E-state index in [0.717, 1.165) is 15.6 Å². The van der Waals surface area contributed by atoms with E-state index in [9.17, 15) is 4.39 Å². The molecule has 2 aromatic carbocycles. The van der Waals surface area contributed by atoms with Crippen LogP contribution in [-0.4, -0.2) is 7.05 Å². The first-order valence-electron chi connectivity index (χ1n) is 5.50. The summed E-state index contributed by atoms with van der Waals surface area (Å²) in [6.45, 7) is 0.665. The number of hydrogen-bond acceptors (Lipinski definition) is 1. The van der Waals surface area contributed by atoms with E-state index in [2.05, 4.69) is 21.2 Å². The first-order valence-corrected chi connectivity index (χ1v) is 6.67. The molecule has 0 saturated carbocycles. The SMILES string of the molecule is CNCc1ccc(Cl)cc1-c1cc(Br)ccc1F. The smallest absolute Gasteiger partial charge is 0.131 e. The molecule has 0 fully saturated rings. The van der Waals surface area contributed by atoms with Gasteiger partial charge in [-0.1, -0.05) is 33.6 Å². The van der Waals surface area contributed by atoms with E-state index >= 15 is 0 Å². The van der Waals surface area contributed by atoms with Gasteiger partial charge in [0.15, 0.2) is 0 Å². The fourth-order valence-corrected chi connectivity index (χ4v) is 2.38. The van der Waals surface area contributed by atoms with Crippen molar-refractivity contribution in [2.45, 2.75) is 6.54 Å². The molecule has 0 atom stereocenters. The molecule has 4 heteroatoms. The minimum Gasteiger partial charge on any atom is -0.316 e. The Balaban J connectivity index is 2.61. The van der Waals surface area contributed by atoms with E-state index in [0.29, 0.717) is 17.1 Å². The molecule has 0 spiro atoms. The van der Waals surface area contributed by atoms with Crippen LogP contribution in [0.25, 0.3) is 11.1 Å². The number of nitrogens with one attached hydrogen (secondary N) is 1. The van der Waals surface area contributed by atoms with Crippen LogP contribution in [0, 0.1) is 5.82 Å². The van der Waals surface area contributed by atoms with Crippen LogP contribution in [0.3, 0.4) is 0 Å². The average Bonchev–Trinajstić information content (AvgIpc) is 2.35. The zero-order valence-electron chi connectivity index (χ0n) is 9.81. The van der Waals surface area contributed by atoms with Crippen LogP contribution < -0.4 is 5.32 Å². The average molecular weight is 329 g/mol. The monoisotopic (exact) mass is 327 g/mol. The molecule has 2 rings (SSSR count). The molecule has 1 nitrogen and oxygen atoms in total. The minimum absolute atomic E-state index is 0.252. The maximum atomic E-state index is 13.9. The van der Waals surface area contributed by atoms with Gasteiger partial charge in [-0.2, -0.15) is 0 Å². The second-order valence-electron chi connectivity index (χ2n) is 3.96. The van der Waals surface area contributed by atoms with Crippen molar-refractivity contribution in [3.05, 3.63) is 57.3 Å². The molecule has 0 saturated heterocycles. The third-order valence-corrected chi connectivity index (χ3v) is 3.39. The third-order valence-electron chi connectivity index (χ3n) is 2.66. The van der Waals surface area contributed by atoms with Crippen LogP contribution in [-0.2, 0) is 6.54 Å². The van der Waals surface area contributed by atoms with Gasteiger partial charge in [-0.25, -0.2) is 4.39 Å². The fraction of sp³-hybridized carbons (Fsp3) is 0.143. The molecule has 0 heterocycles. The summed E-state index contributed by atoms with van der Waals surface area (Å²) in [6.07, 6.45) is 0. The standard InChI is InChI=1S/C14H12BrClFN/c1-18-8-9-2-4-11(16)7-12(9)13-6-10(15)3-5-14(13)17/h2-7,18H,8H2,1H3. The molecule has 1 N–H and O–H groups in total. The summed E-state index contributed by atoms with van der Waals surface area (Å²) in [5, 5.41) is 3.67. The Hall–Kier alpha value is -0.900. The van der Waals surface area contributed by atoms with Crippen molar-refractivity contribution in [3.8, 4) is 11.1 Å². The van der Waals surface area contributed by atoms with Crippen LogP contribution >= 0.6 is 27.5 Å². The highest BCUT2D eigenvalue weighted by Gasteiger charge is 2.10. The summed E-state index contributed by atoms with van der Waals surface area (Å²) in [5.41, 5.74) is 2.38. The van der Waals surface area contributed by atoms with Crippen molar-refractivity contribution in [1.82, 2.24) is 5.32 Å². The lowest BCUT2D eigenvalue weighted by Crippen LogP contribution is -2.06. The van der Waals surface area contributed by atoms with Crippen LogP contribution in [0.2, 0.25) is 5.02 Å². The normalized spacial score (nSPS) is 10.7. The lowest BCUT2D eigenvalue weighted by atomic mass is 9.99. The second kappa shape index (κ2) is 5.83. The molecule has 0 unspecified atom stereocenters. The Morgan fingerprint density at radius 3 is 2.67 bits per heavy atom. The van der Waals surface area contributed by atoms with E-state index < -0.39 is 0 Å². The summed E-state index contributed by atoms with van der Waals surface area (Å²) in [6, 6.07) is 10.4. The Kier molecular flexibility index (Phi) is 4.38. The van der Waals surface area contributed by atoms with Crippen LogP contribution in [0.5, 0.6) is 0 Å². The van der Waals surface area contributed by atoms with Crippen molar-refractivity contribution in [3.63, 3.8) is 0 Å². The van der Waals surface area contributed by atoms with Gasteiger partial charge in [-0.05, 0) is 48.5 Å². The minimum atomic E-state index is -0.252. The van der Waals surface area contributed by atoms with E-state index in [1.807, 2.05) is 19.2 Å². The molecular weight excluding hydrogens is 317 g/mol. The molecule has 0 aliphatic heterocycles. The van der Waals surface area contributed by atoms with Crippen molar-refractivity contribution in [2.24, 2.45) is 0 Å². The van der Waals surface area contributed by atoms with Gasteiger partial charge < -0.3 is 5.32 Å². The predicted octanol–water partition coefficient (Wildman–Crippen LogP) is 4.63. The first-order chi connectivity index (χ1) is 8.61. The molecule has 0 radical (unpaired) electrons. The van der Waals surface area contributed by atoms with Crippen molar-refractivity contribution < 1.29 is 4.39 Å². The molecule has 18 heavy (non-hydrogen) atoms. The first kappa shape index (κ1) is 13.5. The topological polar surface area (TPSA) is 12.0 Å². The summed E-state index contributed by atoms with van der Waals surface area (Å²) >= 11 is 9.36. The zero-order valence-corrected chi connectivity index (χ0v) is 12.1. The second-order valence-corrected chi connectivity index (χ2v) is 5.31. The van der Waals surface area contributed by atoms with E-state index in [4.69, 9.17) is 11.6 Å². The summed E-state index contributed by atoms with van der Waals surface area (Å²) in [5.74, 6) is -0.252. The highest BCUT2D eigenvalue weighted by molar-refractivity contribution is 9.10. The maximum Gasteiger partial charge on any atom is 0.131 e. The largest absolute Gasteiger partial charge is 0.316 e. The predicted molar refractivity (Wildman–Crippen MR) is 77.3 cm³/mol. The number of benzene rings is 2. The molecule has 94 valence electrons. The van der Waals surface area contributed by atoms with Crippen molar-refractivity contribution in [2.75, 3.05) is 7.05 Å². The van der Waals surface area contributed by atoms with Gasteiger partial charge in [0.05, 0.1) is 0 Å². The van der Waals surface area contributed by atoms with Gasteiger partial charge in [0.1, 0.15) is 5.82 Å². The number of halogens is 3. The van der Waals surface area contributed by atoms with Gasteiger partial charge in [0.25, 0.3) is 0 Å². The van der Waals surface area contributed by atoms with Gasteiger partial charge in [0.2, 0.25) is 0 Å².